The Hall–Kier alpha value is -3.80. The van der Waals surface area contributed by atoms with E-state index >= 15 is 0 Å². The second-order valence-corrected chi connectivity index (χ2v) is 7.09. The van der Waals surface area contributed by atoms with Crippen molar-refractivity contribution in [1.82, 2.24) is 24.7 Å². The van der Waals surface area contributed by atoms with E-state index in [1.165, 1.54) is 18.9 Å². The van der Waals surface area contributed by atoms with Gasteiger partial charge in [-0.25, -0.2) is 14.6 Å². The fourth-order valence-electron chi connectivity index (χ4n) is 3.18. The van der Waals surface area contributed by atoms with E-state index in [1.807, 2.05) is 0 Å². The maximum Gasteiger partial charge on any atom is 0.413 e. The second kappa shape index (κ2) is 8.14. The molecule has 2 N–H and O–H groups in total. The van der Waals surface area contributed by atoms with E-state index in [-0.39, 0.29) is 23.5 Å². The summed E-state index contributed by atoms with van der Waals surface area (Å²) in [5.74, 6) is -0.540. The second-order valence-electron chi connectivity index (χ2n) is 6.34. The van der Waals surface area contributed by atoms with E-state index in [1.54, 1.807) is 30.5 Å². The van der Waals surface area contributed by atoms with Gasteiger partial charge in [-0.3, -0.25) is 24.8 Å². The van der Waals surface area contributed by atoms with Gasteiger partial charge in [0.15, 0.2) is 10.1 Å². The maximum absolute atomic E-state index is 12.7. The summed E-state index contributed by atoms with van der Waals surface area (Å²) in [4.78, 5) is 47.3. The predicted octanol–water partition coefficient (Wildman–Crippen LogP) is 2.44. The average Bonchev–Trinajstić information content (AvgIpc) is 3.08. The summed E-state index contributed by atoms with van der Waals surface area (Å²) in [6.45, 7) is 0.186. The van der Waals surface area contributed by atoms with E-state index in [0.717, 1.165) is 5.56 Å². The molecule has 0 spiro atoms. The normalized spacial score (nSPS) is 10.9. The lowest BCUT2D eigenvalue weighted by molar-refractivity contribution is 0.0603. The molecule has 0 aliphatic heterocycles. The number of benzene rings is 1. The topological polar surface area (TPSA) is 141 Å². The highest BCUT2D eigenvalue weighted by Gasteiger charge is 2.19. The number of hydrogen-bond acceptors (Lipinski definition) is 8. The summed E-state index contributed by atoms with van der Waals surface area (Å²) < 4.78 is 11.1. The number of halogens is 1. The number of amides is 1. The number of aromatic amines is 1. The molecule has 0 fully saturated rings. The molecule has 12 heteroatoms. The number of rotatable bonds is 4. The van der Waals surface area contributed by atoms with Gasteiger partial charge in [-0.1, -0.05) is 12.1 Å². The number of aromatic nitrogens is 5. The number of hydrogen-bond donors (Lipinski definition) is 2. The van der Waals surface area contributed by atoms with E-state index < -0.39 is 17.6 Å². The Labute approximate surface area is 182 Å². The zero-order valence-electron chi connectivity index (χ0n) is 16.3. The van der Waals surface area contributed by atoms with E-state index in [4.69, 9.17) is 4.74 Å². The number of methoxy groups -OCH3 is 2. The summed E-state index contributed by atoms with van der Waals surface area (Å²) in [5, 5.41) is 7.30. The molecule has 0 radical (unpaired) electrons. The van der Waals surface area contributed by atoms with Crippen molar-refractivity contribution in [2.24, 2.45) is 0 Å². The van der Waals surface area contributed by atoms with Crippen LogP contribution in [0.4, 0.5) is 10.7 Å². The van der Waals surface area contributed by atoms with Gasteiger partial charge >= 0.3 is 12.1 Å². The van der Waals surface area contributed by atoms with Crippen LogP contribution in [0.25, 0.3) is 21.9 Å². The fraction of sp³-hybridized carbons (Fsp3) is 0.158. The first-order chi connectivity index (χ1) is 14.9. The van der Waals surface area contributed by atoms with Crippen LogP contribution >= 0.6 is 15.9 Å². The van der Waals surface area contributed by atoms with Crippen LogP contribution in [0.15, 0.2) is 39.9 Å². The minimum absolute atomic E-state index is 0.0702. The lowest BCUT2D eigenvalue weighted by atomic mass is 10.0. The monoisotopic (exact) mass is 486 g/mol. The third-order valence-corrected chi connectivity index (χ3v) is 5.08. The van der Waals surface area contributed by atoms with Gasteiger partial charge in [-0.2, -0.15) is 5.10 Å². The van der Waals surface area contributed by atoms with Gasteiger partial charge in [-0.05, 0) is 33.6 Å². The van der Waals surface area contributed by atoms with Crippen LogP contribution in [0.5, 0.6) is 0 Å². The fourth-order valence-corrected chi connectivity index (χ4v) is 3.65. The first-order valence-corrected chi connectivity index (χ1v) is 9.68. The molecule has 3 heterocycles. The molecule has 11 nitrogen and oxygen atoms in total. The number of H-pyrrole nitrogens is 1. The van der Waals surface area contributed by atoms with Crippen molar-refractivity contribution in [2.75, 3.05) is 19.5 Å². The Morgan fingerprint density at radius 1 is 1.19 bits per heavy atom. The number of nitrogens with zero attached hydrogens (tertiary/aromatic N) is 4. The number of nitrogens with one attached hydrogen (secondary N) is 2. The van der Waals surface area contributed by atoms with Crippen molar-refractivity contribution >= 4 is 55.9 Å². The lowest BCUT2D eigenvalue weighted by Gasteiger charge is -2.10. The quantitative estimate of drug-likeness (QED) is 0.419. The first-order valence-electron chi connectivity index (χ1n) is 8.89. The number of carbonyl (C=O) groups excluding carboxylic acids is 2. The summed E-state index contributed by atoms with van der Waals surface area (Å²) in [7, 11) is 2.51. The summed E-state index contributed by atoms with van der Waals surface area (Å²) in [5.41, 5.74) is 1.66. The Morgan fingerprint density at radius 3 is 2.74 bits per heavy atom. The number of carbonyl (C=O) groups is 2. The van der Waals surface area contributed by atoms with Gasteiger partial charge in [0, 0.05) is 11.6 Å². The van der Waals surface area contributed by atoms with Crippen molar-refractivity contribution in [3.8, 4) is 0 Å². The molecule has 1 aromatic carbocycles. The SMILES string of the molecule is COC(=O)Nc1nc2c(Br)nn(Cc3ccc(C(=O)OC)c4cccnc34)c2c(=O)[nH]1. The zero-order valence-corrected chi connectivity index (χ0v) is 17.9. The van der Waals surface area contributed by atoms with Crippen LogP contribution in [-0.2, 0) is 16.0 Å². The number of anilines is 1. The predicted molar refractivity (Wildman–Crippen MR) is 114 cm³/mol. The average molecular weight is 487 g/mol. The van der Waals surface area contributed by atoms with E-state index in [2.05, 4.69) is 46.0 Å². The largest absolute Gasteiger partial charge is 0.465 e. The number of pyridine rings is 1. The molecule has 0 aliphatic rings. The zero-order chi connectivity index (χ0) is 22.1. The van der Waals surface area contributed by atoms with Crippen molar-refractivity contribution in [3.05, 3.63) is 56.5 Å². The molecule has 158 valence electrons. The van der Waals surface area contributed by atoms with Gasteiger partial charge in [-0.15, -0.1) is 0 Å². The number of ether oxygens (including phenoxy) is 2. The van der Waals surface area contributed by atoms with Gasteiger partial charge in [0.2, 0.25) is 5.95 Å². The number of fused-ring (bicyclic) bond motifs is 2. The molecule has 4 rings (SSSR count). The third kappa shape index (κ3) is 3.72. The van der Waals surface area contributed by atoms with Gasteiger partial charge in [0.1, 0.15) is 5.52 Å². The molecule has 0 bridgehead atoms. The van der Waals surface area contributed by atoms with Gasteiger partial charge in [0.25, 0.3) is 5.56 Å². The lowest BCUT2D eigenvalue weighted by Crippen LogP contribution is -2.19. The highest BCUT2D eigenvalue weighted by molar-refractivity contribution is 9.10. The number of esters is 1. The summed E-state index contributed by atoms with van der Waals surface area (Å²) >= 11 is 3.30. The third-order valence-electron chi connectivity index (χ3n) is 4.54. The van der Waals surface area contributed by atoms with Crippen LogP contribution in [0.2, 0.25) is 0 Å². The van der Waals surface area contributed by atoms with Gasteiger partial charge < -0.3 is 9.47 Å². The minimum atomic E-state index is -0.769. The highest BCUT2D eigenvalue weighted by Crippen LogP contribution is 2.25. The van der Waals surface area contributed by atoms with Crippen molar-refractivity contribution in [1.29, 1.82) is 0 Å². The van der Waals surface area contributed by atoms with E-state index in [9.17, 15) is 14.4 Å². The highest BCUT2D eigenvalue weighted by atomic mass is 79.9. The molecule has 0 saturated heterocycles. The molecular weight excluding hydrogens is 472 g/mol. The molecular formula is C19H15BrN6O5. The van der Waals surface area contributed by atoms with E-state index in [0.29, 0.717) is 21.1 Å². The van der Waals surface area contributed by atoms with Crippen LogP contribution in [0.1, 0.15) is 15.9 Å². The molecule has 0 atom stereocenters. The minimum Gasteiger partial charge on any atom is -0.465 e. The molecule has 0 saturated carbocycles. The first kappa shape index (κ1) is 20.5. The smallest absolute Gasteiger partial charge is 0.413 e. The standard InChI is InChI=1S/C19H15BrN6O5/c1-30-17(28)11-6-5-9(12-10(11)4-3-7-21-12)8-26-14-13(15(20)25-26)22-18(23-16(14)27)24-19(29)31-2/h3-7H,8H2,1-2H3,(H2,22,23,24,27,29). The Kier molecular flexibility index (Phi) is 5.38. The Balaban J connectivity index is 1.81. The molecule has 31 heavy (non-hydrogen) atoms. The molecule has 3 aromatic heterocycles. The van der Waals surface area contributed by atoms with Crippen LogP contribution in [0.3, 0.4) is 0 Å². The van der Waals surface area contributed by atoms with Crippen molar-refractivity contribution in [3.63, 3.8) is 0 Å². The van der Waals surface area contributed by atoms with Gasteiger partial charge in [0.05, 0.1) is 31.8 Å². The molecule has 0 unspecified atom stereocenters. The van der Waals surface area contributed by atoms with Crippen LogP contribution in [0, 0.1) is 0 Å². The Morgan fingerprint density at radius 2 is 2.00 bits per heavy atom. The Bertz CT molecular complexity index is 1400. The maximum atomic E-state index is 12.7. The van der Waals surface area contributed by atoms with Crippen LogP contribution < -0.4 is 10.9 Å². The molecule has 4 aromatic rings. The summed E-state index contributed by atoms with van der Waals surface area (Å²) in [6.07, 6.45) is 0.845. The van der Waals surface area contributed by atoms with Crippen molar-refractivity contribution in [2.45, 2.75) is 6.54 Å². The summed E-state index contributed by atoms with van der Waals surface area (Å²) in [6, 6.07) is 6.88. The van der Waals surface area contributed by atoms with Crippen LogP contribution in [-0.4, -0.2) is 51.0 Å². The molecule has 0 aliphatic carbocycles. The molecule has 1 amide bonds. The van der Waals surface area contributed by atoms with Crippen molar-refractivity contribution < 1.29 is 19.1 Å².